The van der Waals surface area contributed by atoms with Crippen molar-refractivity contribution in [3.05, 3.63) is 28.2 Å². The molecule has 1 aromatic rings. The molecule has 0 fully saturated rings. The largest absolute Gasteiger partial charge is 0.466 e. The smallest absolute Gasteiger partial charge is 0.306 e. The molecule has 1 rings (SSSR count). The van der Waals surface area contributed by atoms with Crippen molar-refractivity contribution in [1.82, 2.24) is 5.32 Å². The van der Waals surface area contributed by atoms with Crippen molar-refractivity contribution < 1.29 is 14.3 Å². The Labute approximate surface area is 144 Å². The van der Waals surface area contributed by atoms with Crippen LogP contribution >= 0.6 is 35.4 Å². The Balaban J connectivity index is 2.38. The second-order valence-corrected chi connectivity index (χ2v) is 5.66. The highest BCUT2D eigenvalue weighted by Crippen LogP contribution is 2.22. The molecule has 0 unspecified atom stereocenters. The SMILES string of the molecule is CCCOC(=O)CCC(=O)NC(=S)Nc1cc(Cl)cc(Cl)c1. The number of hydrogen-bond donors (Lipinski definition) is 2. The summed E-state index contributed by atoms with van der Waals surface area (Å²) in [7, 11) is 0. The Morgan fingerprint density at radius 1 is 1.18 bits per heavy atom. The van der Waals surface area contributed by atoms with Crippen LogP contribution in [0, 0.1) is 0 Å². The number of ether oxygens (including phenoxy) is 1. The molecule has 120 valence electrons. The minimum atomic E-state index is -0.405. The third-order valence-corrected chi connectivity index (χ3v) is 3.04. The Hall–Kier alpha value is -1.37. The molecule has 0 aromatic heterocycles. The fraction of sp³-hybridized carbons (Fsp3) is 0.357. The van der Waals surface area contributed by atoms with E-state index in [0.29, 0.717) is 22.3 Å². The molecule has 22 heavy (non-hydrogen) atoms. The molecule has 0 spiro atoms. The standard InChI is InChI=1S/C14H16Cl2N2O3S/c1-2-5-21-13(20)4-3-12(19)18-14(22)17-11-7-9(15)6-10(16)8-11/h6-8H,2-5H2,1H3,(H2,17,18,19,22). The summed E-state index contributed by atoms with van der Waals surface area (Å²) < 4.78 is 4.87. The third kappa shape index (κ3) is 7.59. The molecular weight excluding hydrogens is 347 g/mol. The Kier molecular flexibility index (Phi) is 8.16. The summed E-state index contributed by atoms with van der Waals surface area (Å²) in [6, 6.07) is 4.82. The molecule has 1 aromatic carbocycles. The maximum absolute atomic E-state index is 11.7. The molecule has 8 heteroatoms. The van der Waals surface area contributed by atoms with E-state index in [1.807, 2.05) is 6.92 Å². The molecule has 0 aliphatic carbocycles. The van der Waals surface area contributed by atoms with Crippen LogP contribution in [0.4, 0.5) is 5.69 Å². The maximum atomic E-state index is 11.7. The quantitative estimate of drug-likeness (QED) is 0.598. The van der Waals surface area contributed by atoms with E-state index >= 15 is 0 Å². The van der Waals surface area contributed by atoms with Gasteiger partial charge in [0.05, 0.1) is 13.0 Å². The van der Waals surface area contributed by atoms with Gasteiger partial charge in [-0.1, -0.05) is 30.1 Å². The molecule has 2 N–H and O–H groups in total. The summed E-state index contributed by atoms with van der Waals surface area (Å²) >= 11 is 16.7. The van der Waals surface area contributed by atoms with Crippen LogP contribution in [-0.2, 0) is 14.3 Å². The summed E-state index contributed by atoms with van der Waals surface area (Å²) in [4.78, 5) is 22.9. The molecule has 0 saturated carbocycles. The van der Waals surface area contributed by atoms with Gasteiger partial charge in [0.1, 0.15) is 0 Å². The molecular formula is C14H16Cl2N2O3S. The molecule has 0 atom stereocenters. The van der Waals surface area contributed by atoms with Crippen molar-refractivity contribution in [3.8, 4) is 0 Å². The minimum absolute atomic E-state index is 0.000664. The molecule has 0 heterocycles. The Bertz CT molecular complexity index is 547. The molecule has 5 nitrogen and oxygen atoms in total. The first-order valence-corrected chi connectivity index (χ1v) is 7.79. The number of benzene rings is 1. The molecule has 0 aliphatic rings. The molecule has 0 saturated heterocycles. The summed E-state index contributed by atoms with van der Waals surface area (Å²) in [5.41, 5.74) is 0.560. The van der Waals surface area contributed by atoms with Gasteiger partial charge in [0.15, 0.2) is 5.11 Å². The topological polar surface area (TPSA) is 67.4 Å². The monoisotopic (exact) mass is 362 g/mol. The van der Waals surface area contributed by atoms with Crippen LogP contribution in [0.2, 0.25) is 10.0 Å². The third-order valence-electron chi connectivity index (χ3n) is 2.40. The molecule has 0 radical (unpaired) electrons. The van der Waals surface area contributed by atoms with Crippen molar-refractivity contribution in [3.63, 3.8) is 0 Å². The van der Waals surface area contributed by atoms with E-state index in [1.165, 1.54) is 0 Å². The van der Waals surface area contributed by atoms with E-state index in [4.69, 9.17) is 40.2 Å². The van der Waals surface area contributed by atoms with Crippen LogP contribution in [0.5, 0.6) is 0 Å². The Morgan fingerprint density at radius 3 is 2.41 bits per heavy atom. The zero-order valence-corrected chi connectivity index (χ0v) is 14.3. The van der Waals surface area contributed by atoms with Gasteiger partial charge in [-0.25, -0.2) is 0 Å². The fourth-order valence-electron chi connectivity index (χ4n) is 1.48. The van der Waals surface area contributed by atoms with Crippen LogP contribution in [0.25, 0.3) is 0 Å². The van der Waals surface area contributed by atoms with Gasteiger partial charge < -0.3 is 15.4 Å². The number of carbonyl (C=O) groups is 2. The number of hydrogen-bond acceptors (Lipinski definition) is 4. The van der Waals surface area contributed by atoms with Crippen LogP contribution in [0.1, 0.15) is 26.2 Å². The maximum Gasteiger partial charge on any atom is 0.306 e. The van der Waals surface area contributed by atoms with E-state index in [2.05, 4.69) is 10.6 Å². The van der Waals surface area contributed by atoms with E-state index < -0.39 is 5.97 Å². The van der Waals surface area contributed by atoms with Gasteiger partial charge in [0.25, 0.3) is 0 Å². The molecule has 0 bridgehead atoms. The highest BCUT2D eigenvalue weighted by molar-refractivity contribution is 7.80. The average Bonchev–Trinajstić information content (AvgIpc) is 2.41. The van der Waals surface area contributed by atoms with Crippen molar-refractivity contribution in [1.29, 1.82) is 0 Å². The van der Waals surface area contributed by atoms with Gasteiger partial charge in [-0.2, -0.15) is 0 Å². The van der Waals surface area contributed by atoms with Crippen molar-refractivity contribution in [2.45, 2.75) is 26.2 Å². The predicted molar refractivity (Wildman–Crippen MR) is 91.3 cm³/mol. The average molecular weight is 363 g/mol. The minimum Gasteiger partial charge on any atom is -0.466 e. The molecule has 0 aliphatic heterocycles. The van der Waals surface area contributed by atoms with Crippen LogP contribution in [-0.4, -0.2) is 23.6 Å². The lowest BCUT2D eigenvalue weighted by Gasteiger charge is -2.10. The fourth-order valence-corrected chi connectivity index (χ4v) is 2.24. The van der Waals surface area contributed by atoms with E-state index in [9.17, 15) is 9.59 Å². The van der Waals surface area contributed by atoms with Gasteiger partial charge in [0, 0.05) is 22.2 Å². The van der Waals surface area contributed by atoms with E-state index in [-0.39, 0.29) is 23.9 Å². The number of nitrogens with one attached hydrogen (secondary N) is 2. The van der Waals surface area contributed by atoms with Gasteiger partial charge in [-0.05, 0) is 36.8 Å². The molecule has 1 amide bonds. The zero-order valence-electron chi connectivity index (χ0n) is 11.9. The van der Waals surface area contributed by atoms with Gasteiger partial charge >= 0.3 is 5.97 Å². The first-order chi connectivity index (χ1) is 10.4. The van der Waals surface area contributed by atoms with Crippen LogP contribution < -0.4 is 10.6 Å². The second-order valence-electron chi connectivity index (χ2n) is 4.38. The summed E-state index contributed by atoms with van der Waals surface area (Å²) in [5, 5.41) is 6.25. The normalized spacial score (nSPS) is 9.95. The van der Waals surface area contributed by atoms with E-state index in [1.54, 1.807) is 18.2 Å². The Morgan fingerprint density at radius 2 is 1.82 bits per heavy atom. The second kappa shape index (κ2) is 9.61. The number of esters is 1. The zero-order chi connectivity index (χ0) is 16.5. The van der Waals surface area contributed by atoms with Crippen molar-refractivity contribution >= 4 is 58.1 Å². The first kappa shape index (κ1) is 18.7. The lowest BCUT2D eigenvalue weighted by atomic mass is 10.3. The summed E-state index contributed by atoms with van der Waals surface area (Å²) in [6.07, 6.45) is 0.756. The van der Waals surface area contributed by atoms with Crippen LogP contribution in [0.15, 0.2) is 18.2 Å². The number of carbonyl (C=O) groups excluding carboxylic acids is 2. The van der Waals surface area contributed by atoms with Gasteiger partial charge in [-0.3, -0.25) is 9.59 Å². The van der Waals surface area contributed by atoms with Crippen LogP contribution in [0.3, 0.4) is 0 Å². The first-order valence-electron chi connectivity index (χ1n) is 6.63. The lowest BCUT2D eigenvalue weighted by molar-refractivity contribution is -0.144. The highest BCUT2D eigenvalue weighted by Gasteiger charge is 2.09. The summed E-state index contributed by atoms with van der Waals surface area (Å²) in [5.74, 6) is -0.781. The van der Waals surface area contributed by atoms with Crippen molar-refractivity contribution in [2.24, 2.45) is 0 Å². The van der Waals surface area contributed by atoms with Gasteiger partial charge in [0.2, 0.25) is 5.91 Å². The number of amides is 1. The number of thiocarbonyl (C=S) groups is 1. The number of halogens is 2. The lowest BCUT2D eigenvalue weighted by Crippen LogP contribution is -2.34. The number of anilines is 1. The highest BCUT2D eigenvalue weighted by atomic mass is 35.5. The van der Waals surface area contributed by atoms with E-state index in [0.717, 1.165) is 6.42 Å². The van der Waals surface area contributed by atoms with Gasteiger partial charge in [-0.15, -0.1) is 0 Å². The summed E-state index contributed by atoms with van der Waals surface area (Å²) in [6.45, 7) is 2.25. The van der Waals surface area contributed by atoms with Crippen molar-refractivity contribution in [2.75, 3.05) is 11.9 Å². The number of rotatable bonds is 6. The predicted octanol–water partition coefficient (Wildman–Crippen LogP) is 3.54.